The highest BCUT2D eigenvalue weighted by Gasteiger charge is 2.11. The minimum Gasteiger partial charge on any atom is -0.451 e. The Morgan fingerprint density at radius 3 is 2.80 bits per heavy atom. The van der Waals surface area contributed by atoms with E-state index in [1.807, 2.05) is 12.1 Å². The molecule has 0 radical (unpaired) electrons. The number of hydrogen-bond acceptors (Lipinski definition) is 5. The first kappa shape index (κ1) is 19.6. The van der Waals surface area contributed by atoms with Crippen molar-refractivity contribution >= 4 is 14.2 Å². The topological polar surface area (TPSA) is 63.9 Å². The molecule has 0 bridgehead atoms. The van der Waals surface area contributed by atoms with Gasteiger partial charge in [-0.3, -0.25) is 4.90 Å². The second-order valence-electron chi connectivity index (χ2n) is 7.06. The van der Waals surface area contributed by atoms with E-state index in [9.17, 15) is 4.79 Å². The Hall–Kier alpha value is -1.75. The molecule has 1 aromatic rings. The maximum absolute atomic E-state index is 11.7. The van der Waals surface area contributed by atoms with Crippen molar-refractivity contribution in [2.75, 3.05) is 39.5 Å². The second-order valence-corrected chi connectivity index (χ2v) is 11.8. The summed E-state index contributed by atoms with van der Waals surface area (Å²) in [5.74, 6) is 4.36. The van der Waals surface area contributed by atoms with E-state index in [-0.39, 0.29) is 0 Å². The van der Waals surface area contributed by atoms with Gasteiger partial charge in [-0.25, -0.2) is 4.79 Å². The van der Waals surface area contributed by atoms with E-state index in [1.165, 1.54) is 0 Å². The molecule has 0 aromatic carbocycles. The van der Waals surface area contributed by atoms with Gasteiger partial charge in [-0.1, -0.05) is 19.6 Å². The molecule has 1 aliphatic heterocycles. The monoisotopic (exact) mass is 364 g/mol. The Labute approximate surface area is 150 Å². The van der Waals surface area contributed by atoms with Gasteiger partial charge in [-0.05, 0) is 24.5 Å². The van der Waals surface area contributed by atoms with Crippen LogP contribution in [0.4, 0.5) is 4.79 Å². The third kappa shape index (κ3) is 8.25. The average molecular weight is 365 g/mol. The third-order valence-electron chi connectivity index (χ3n) is 3.58. The second kappa shape index (κ2) is 9.66. The van der Waals surface area contributed by atoms with Crippen molar-refractivity contribution in [1.82, 2.24) is 10.2 Å². The maximum atomic E-state index is 11.7. The summed E-state index contributed by atoms with van der Waals surface area (Å²) < 4.78 is 16.1. The Morgan fingerprint density at radius 1 is 1.32 bits per heavy atom. The van der Waals surface area contributed by atoms with Crippen molar-refractivity contribution in [2.24, 2.45) is 0 Å². The molecule has 0 spiro atoms. The van der Waals surface area contributed by atoms with E-state index >= 15 is 0 Å². The summed E-state index contributed by atoms with van der Waals surface area (Å²) in [7, 11) is -1.42. The number of alkyl carbamates (subject to hydrolysis) is 1. The molecule has 1 fully saturated rings. The van der Waals surface area contributed by atoms with E-state index in [4.69, 9.17) is 13.9 Å². The molecule has 1 aromatic heterocycles. The minimum atomic E-state index is -1.42. The van der Waals surface area contributed by atoms with Gasteiger partial charge in [0.1, 0.15) is 13.8 Å². The Morgan fingerprint density at radius 2 is 2.08 bits per heavy atom. The van der Waals surface area contributed by atoms with Crippen molar-refractivity contribution in [3.05, 3.63) is 23.7 Å². The molecule has 2 rings (SSSR count). The van der Waals surface area contributed by atoms with E-state index < -0.39 is 14.2 Å². The van der Waals surface area contributed by atoms with Gasteiger partial charge < -0.3 is 19.2 Å². The largest absolute Gasteiger partial charge is 0.451 e. The van der Waals surface area contributed by atoms with E-state index in [0.29, 0.717) is 24.7 Å². The summed E-state index contributed by atoms with van der Waals surface area (Å²) in [5, 5.41) is 2.70. The lowest BCUT2D eigenvalue weighted by atomic mass is 10.3. The van der Waals surface area contributed by atoms with Crippen molar-refractivity contribution in [3.63, 3.8) is 0 Å². The number of rotatable bonds is 6. The summed E-state index contributed by atoms with van der Waals surface area (Å²) in [6.45, 7) is 11.7. The molecule has 2 heterocycles. The smallest absolute Gasteiger partial charge is 0.407 e. The van der Waals surface area contributed by atoms with Gasteiger partial charge in [0, 0.05) is 19.6 Å². The van der Waals surface area contributed by atoms with Crippen molar-refractivity contribution in [3.8, 4) is 11.5 Å². The van der Waals surface area contributed by atoms with Crippen molar-refractivity contribution in [1.29, 1.82) is 0 Å². The van der Waals surface area contributed by atoms with Gasteiger partial charge in [-0.2, -0.15) is 0 Å². The lowest BCUT2D eigenvalue weighted by Gasteiger charge is -2.26. The number of nitrogens with one attached hydrogen (secondary N) is 1. The van der Waals surface area contributed by atoms with E-state index in [0.717, 1.165) is 39.3 Å². The molecule has 7 heteroatoms. The fourth-order valence-electron chi connectivity index (χ4n) is 2.28. The Bertz CT molecular complexity index is 607. The maximum Gasteiger partial charge on any atom is 0.407 e. The first-order chi connectivity index (χ1) is 11.9. The predicted octanol–water partition coefficient (Wildman–Crippen LogP) is 2.46. The average Bonchev–Trinajstić information content (AvgIpc) is 3.03. The number of hydrogen-bond donors (Lipinski definition) is 1. The Balaban J connectivity index is 1.61. The van der Waals surface area contributed by atoms with Gasteiger partial charge >= 0.3 is 6.09 Å². The number of nitrogens with zero attached hydrogens (tertiary/aromatic N) is 1. The number of amides is 1. The third-order valence-corrected chi connectivity index (χ3v) is 4.46. The molecule has 0 saturated carbocycles. The van der Waals surface area contributed by atoms with Crippen LogP contribution in [0.2, 0.25) is 19.6 Å². The number of carbonyl (C=O) groups excluding carboxylic acids is 1. The molecule has 1 saturated heterocycles. The molecule has 1 amide bonds. The highest BCUT2D eigenvalue weighted by molar-refractivity contribution is 6.83. The van der Waals surface area contributed by atoms with Crippen LogP contribution >= 0.6 is 0 Å². The summed E-state index contributed by atoms with van der Waals surface area (Å²) >= 11 is 0. The van der Waals surface area contributed by atoms with Gasteiger partial charge in [0.15, 0.2) is 5.76 Å². The molecule has 25 heavy (non-hydrogen) atoms. The zero-order valence-corrected chi connectivity index (χ0v) is 16.4. The van der Waals surface area contributed by atoms with Crippen LogP contribution in [0.25, 0.3) is 0 Å². The first-order valence-corrected chi connectivity index (χ1v) is 12.2. The van der Waals surface area contributed by atoms with E-state index in [1.54, 1.807) is 0 Å². The van der Waals surface area contributed by atoms with Crippen molar-refractivity contribution < 1.29 is 18.7 Å². The Kier molecular flexibility index (Phi) is 7.56. The molecule has 1 aliphatic rings. The van der Waals surface area contributed by atoms with Crippen LogP contribution in [-0.4, -0.2) is 58.5 Å². The quantitative estimate of drug-likeness (QED) is 0.477. The normalized spacial score (nSPS) is 15.3. The lowest BCUT2D eigenvalue weighted by molar-refractivity contribution is 0.0345. The molecular formula is C18H28N2O4Si. The molecule has 0 aliphatic carbocycles. The van der Waals surface area contributed by atoms with Crippen LogP contribution < -0.4 is 5.32 Å². The lowest BCUT2D eigenvalue weighted by Crippen LogP contribution is -2.37. The number of morpholine rings is 1. The molecule has 0 unspecified atom stereocenters. The van der Waals surface area contributed by atoms with Crippen LogP contribution in [0.5, 0.6) is 0 Å². The molecule has 1 N–H and O–H groups in total. The van der Waals surface area contributed by atoms with Gasteiger partial charge in [0.2, 0.25) is 0 Å². The van der Waals surface area contributed by atoms with Crippen LogP contribution in [-0.2, 0) is 16.0 Å². The highest BCUT2D eigenvalue weighted by atomic mass is 28.3. The van der Waals surface area contributed by atoms with Gasteiger partial charge in [0.25, 0.3) is 0 Å². The fraction of sp³-hybridized carbons (Fsp3) is 0.611. The fourth-order valence-corrected chi connectivity index (χ4v) is 2.78. The summed E-state index contributed by atoms with van der Waals surface area (Å²) in [4.78, 5) is 14.0. The van der Waals surface area contributed by atoms with Crippen molar-refractivity contribution in [2.45, 2.75) is 32.6 Å². The van der Waals surface area contributed by atoms with E-state index in [2.05, 4.69) is 41.3 Å². The summed E-state index contributed by atoms with van der Waals surface area (Å²) in [5.41, 5.74) is 3.25. The van der Waals surface area contributed by atoms with Crippen LogP contribution in [0.3, 0.4) is 0 Å². The van der Waals surface area contributed by atoms with Gasteiger partial charge in [-0.15, -0.1) is 5.54 Å². The van der Waals surface area contributed by atoms with Crippen LogP contribution in [0.15, 0.2) is 16.5 Å². The van der Waals surface area contributed by atoms with Gasteiger partial charge in [0.05, 0.1) is 26.4 Å². The van der Waals surface area contributed by atoms with Crippen LogP contribution in [0.1, 0.15) is 17.9 Å². The predicted molar refractivity (Wildman–Crippen MR) is 99.0 cm³/mol. The number of furan rings is 1. The summed E-state index contributed by atoms with van der Waals surface area (Å²) in [6.07, 6.45) is 0.401. The molecule has 138 valence electrons. The highest BCUT2D eigenvalue weighted by Crippen LogP contribution is 2.07. The molecular weight excluding hydrogens is 336 g/mol. The SMILES string of the molecule is C[Si](C)(C)C#Cc1ccc(CNC(=O)OCCCN2CCOCC2)o1. The zero-order valence-electron chi connectivity index (χ0n) is 15.4. The standard InChI is InChI=1S/C18H28N2O4Si/c1-25(2,3)14-7-16-5-6-17(24-16)15-19-18(21)23-11-4-8-20-9-12-22-13-10-20/h5-6H,4,8-13,15H2,1-3H3,(H,19,21). The molecule has 6 nitrogen and oxygen atoms in total. The number of ether oxygens (including phenoxy) is 2. The number of carbonyl (C=O) groups is 1. The first-order valence-electron chi connectivity index (χ1n) is 8.75. The zero-order chi connectivity index (χ0) is 18.1. The van der Waals surface area contributed by atoms with Crippen LogP contribution in [0, 0.1) is 11.5 Å². The summed E-state index contributed by atoms with van der Waals surface area (Å²) in [6, 6.07) is 3.66. The molecule has 0 atom stereocenters. The minimum absolute atomic E-state index is 0.303.